The van der Waals surface area contributed by atoms with Crippen molar-refractivity contribution in [2.75, 3.05) is 64.9 Å². The van der Waals surface area contributed by atoms with Gasteiger partial charge in [-0.05, 0) is 76.8 Å². The van der Waals surface area contributed by atoms with E-state index in [-0.39, 0.29) is 37.4 Å². The van der Waals surface area contributed by atoms with Crippen LogP contribution in [0.4, 0.5) is 23.7 Å². The van der Waals surface area contributed by atoms with Crippen LogP contribution in [-0.2, 0) is 38.4 Å². The molecule has 6 bridgehead atoms. The quantitative estimate of drug-likeness (QED) is 0.205. The monoisotopic (exact) mass is 893 g/mol. The Kier molecular flexibility index (Phi) is 12.8. The number of rotatable bonds is 6. The number of carbonyl (C=O) groups is 3. The molecule has 3 saturated heterocycles. The Morgan fingerprint density at radius 1 is 1.10 bits per heavy atom. The first-order chi connectivity index (χ1) is 30.0. The molecule has 0 spiro atoms. The topological polar surface area (TPSA) is 137 Å². The van der Waals surface area contributed by atoms with Crippen LogP contribution in [0.2, 0.25) is 0 Å². The number of likely N-dealkylation sites (N-methyl/N-ethyl adjacent to an activating group) is 1. The summed E-state index contributed by atoms with van der Waals surface area (Å²) in [4.78, 5) is 57.8. The molecule has 0 unspecified atom stereocenters. The van der Waals surface area contributed by atoms with Gasteiger partial charge < -0.3 is 34.1 Å². The zero-order chi connectivity index (χ0) is 44.8. The van der Waals surface area contributed by atoms with Crippen LogP contribution < -0.4 is 15.6 Å². The summed E-state index contributed by atoms with van der Waals surface area (Å²) in [5, 5.41) is 7.46. The third-order valence-corrected chi connectivity index (χ3v) is 13.8. The number of nitrogens with one attached hydrogen (secondary N) is 2. The molecular weight excluding hydrogens is 836 g/mol. The number of aromatic nitrogens is 3. The molecule has 8 rings (SSSR count). The lowest BCUT2D eigenvalue weighted by Crippen LogP contribution is -2.61. The molecule has 4 aliphatic rings. The second kappa shape index (κ2) is 18.0. The van der Waals surface area contributed by atoms with E-state index in [0.29, 0.717) is 75.6 Å². The van der Waals surface area contributed by atoms with Gasteiger partial charge in [-0.3, -0.25) is 19.6 Å². The van der Waals surface area contributed by atoms with E-state index in [4.69, 9.17) is 19.4 Å². The number of urea groups is 1. The van der Waals surface area contributed by atoms with Crippen molar-refractivity contribution >= 4 is 45.8 Å². The number of alkyl halides is 3. The van der Waals surface area contributed by atoms with Gasteiger partial charge in [0.05, 0.1) is 46.7 Å². The van der Waals surface area contributed by atoms with Gasteiger partial charge in [0.2, 0.25) is 0 Å². The Hall–Kier alpha value is -4.78. The van der Waals surface area contributed by atoms with Crippen LogP contribution in [0, 0.1) is 5.41 Å². The molecule has 63 heavy (non-hydrogen) atoms. The lowest BCUT2D eigenvalue weighted by Gasteiger charge is -2.36. The second-order valence-electron chi connectivity index (χ2n) is 18.3. The fraction of sp³-hybridized carbons (Fsp3) is 0.578. The van der Waals surface area contributed by atoms with Gasteiger partial charge in [-0.25, -0.2) is 15.2 Å². The zero-order valence-corrected chi connectivity index (χ0v) is 37.7. The molecule has 4 aromatic rings. The number of thiazole rings is 1. The van der Waals surface area contributed by atoms with Crippen molar-refractivity contribution in [3.05, 3.63) is 52.1 Å². The fourth-order valence-electron chi connectivity index (χ4n) is 9.32. The van der Waals surface area contributed by atoms with Crippen LogP contribution in [0.15, 0.2) is 35.8 Å². The molecule has 3 amide bonds. The van der Waals surface area contributed by atoms with Crippen molar-refractivity contribution in [1.29, 1.82) is 0 Å². The average molecular weight is 894 g/mol. The van der Waals surface area contributed by atoms with Crippen LogP contribution in [0.3, 0.4) is 0 Å². The molecule has 3 aromatic heterocycles. The summed E-state index contributed by atoms with van der Waals surface area (Å²) in [6.45, 7) is 10.4. The number of halogens is 3. The molecule has 3 fully saturated rings. The Morgan fingerprint density at radius 3 is 2.57 bits per heavy atom. The van der Waals surface area contributed by atoms with Crippen molar-refractivity contribution in [1.82, 2.24) is 40.1 Å². The fourth-order valence-corrected chi connectivity index (χ4v) is 10.2. The van der Waals surface area contributed by atoms with E-state index in [1.54, 1.807) is 30.3 Å². The number of amides is 3. The predicted molar refractivity (Wildman–Crippen MR) is 235 cm³/mol. The van der Waals surface area contributed by atoms with Crippen LogP contribution in [-0.4, -0.2) is 132 Å². The third kappa shape index (κ3) is 9.69. The van der Waals surface area contributed by atoms with Crippen LogP contribution in [0.25, 0.3) is 33.4 Å². The van der Waals surface area contributed by atoms with Crippen molar-refractivity contribution in [3.8, 4) is 22.5 Å². The van der Waals surface area contributed by atoms with Gasteiger partial charge in [0.25, 0.3) is 5.91 Å². The number of carbonyl (C=O) groups excluding carboxylic acids is 3. The number of fused-ring (bicyclic) bond motifs is 6. The summed E-state index contributed by atoms with van der Waals surface area (Å²) in [5.74, 6) is -0.927. The van der Waals surface area contributed by atoms with E-state index in [2.05, 4.69) is 27.6 Å². The molecule has 340 valence electrons. The number of nitrogens with zero attached hydrogens (tertiary/aromatic N) is 7. The van der Waals surface area contributed by atoms with E-state index >= 15 is 0 Å². The Bertz CT molecular complexity index is 2340. The Balaban J connectivity index is 1.29. The highest BCUT2D eigenvalue weighted by Crippen LogP contribution is 2.44. The third-order valence-electron chi connectivity index (χ3n) is 12.9. The number of esters is 1. The summed E-state index contributed by atoms with van der Waals surface area (Å²) in [6.07, 6.45) is -0.320. The number of pyridine rings is 1. The molecule has 4 aliphatic heterocycles. The summed E-state index contributed by atoms with van der Waals surface area (Å²) in [6, 6.07) is 5.22. The summed E-state index contributed by atoms with van der Waals surface area (Å²) in [5.41, 5.74) is 6.86. The molecule has 2 N–H and O–H groups in total. The van der Waals surface area contributed by atoms with E-state index in [1.165, 1.54) is 20.9 Å². The average Bonchev–Trinajstić information content (AvgIpc) is 3.98. The molecule has 1 aromatic carbocycles. The molecule has 18 heteroatoms. The van der Waals surface area contributed by atoms with Crippen LogP contribution >= 0.6 is 11.3 Å². The highest BCUT2D eigenvalue weighted by molar-refractivity contribution is 7.10. The van der Waals surface area contributed by atoms with E-state index in [1.807, 2.05) is 45.2 Å². The molecule has 0 radical (unpaired) electrons. The van der Waals surface area contributed by atoms with Gasteiger partial charge in [-0.1, -0.05) is 19.9 Å². The van der Waals surface area contributed by atoms with E-state index in [9.17, 15) is 27.6 Å². The first-order valence-corrected chi connectivity index (χ1v) is 22.8. The minimum absolute atomic E-state index is 0.0285. The van der Waals surface area contributed by atoms with Crippen molar-refractivity contribution in [2.45, 2.75) is 103 Å². The van der Waals surface area contributed by atoms with Gasteiger partial charge in [-0.2, -0.15) is 13.2 Å². The van der Waals surface area contributed by atoms with Crippen LogP contribution in [0.5, 0.6) is 0 Å². The maximum absolute atomic E-state index is 14.9. The first kappa shape index (κ1) is 44.8. The summed E-state index contributed by atoms with van der Waals surface area (Å²) < 4.78 is 57.9. The SMILES string of the molecule is CO[C@@H](C)c1ncc(N2CCN(C)CC2)cc1-c1c2c3cc(ccc3n1CC(F)(F)F)-c1csc(n1)C[C@H](NC(=O)N1CCC[C@H]1C)C(=O)N1CCC[C@H](N1)C(=O)OCC(C)(C)C2. The van der Waals surface area contributed by atoms with Crippen molar-refractivity contribution in [2.24, 2.45) is 5.41 Å². The second-order valence-corrected chi connectivity index (χ2v) is 19.3. The number of methoxy groups -OCH3 is 1. The zero-order valence-electron chi connectivity index (χ0n) is 36.9. The van der Waals surface area contributed by atoms with Gasteiger partial charge in [-0.15, -0.1) is 11.3 Å². The first-order valence-electron chi connectivity index (χ1n) is 21.9. The normalized spacial score (nSPS) is 23.2. The number of hydrazine groups is 1. The van der Waals surface area contributed by atoms with E-state index < -0.39 is 42.3 Å². The number of cyclic esters (lactones) is 1. The number of hydrogen-bond acceptors (Lipinski definition) is 11. The smallest absolute Gasteiger partial charge is 0.406 e. The predicted octanol–water partition coefficient (Wildman–Crippen LogP) is 6.57. The standard InChI is InChI=1S/C45H58F3N9O5S/c1-27-9-7-13-55(27)43(60)51-35-21-38-50-36(24-63-38)29-11-12-37-31(19-29)33(22-44(3,4)26-62-42(59)34-10-8-14-57(52-34)41(35)58)40(56(37)25-45(46,47)48)32-20-30(23-49-39(32)28(2)61-6)54-17-15-53(5)16-18-54/h11-12,19-20,23-24,27-28,34-35,52H,7-10,13-18,21-22,25-26H2,1-6H3,(H,51,60)/t27-,28+,34+,35+/m1/s1. The van der Waals surface area contributed by atoms with Gasteiger partial charge in [0.1, 0.15) is 18.6 Å². The Morgan fingerprint density at radius 2 is 1.86 bits per heavy atom. The highest BCUT2D eigenvalue weighted by Gasteiger charge is 2.38. The van der Waals surface area contributed by atoms with Crippen molar-refractivity contribution < 1.29 is 37.0 Å². The summed E-state index contributed by atoms with van der Waals surface area (Å²) in [7, 11) is 3.62. The number of hydrogen-bond donors (Lipinski definition) is 2. The van der Waals surface area contributed by atoms with Gasteiger partial charge >= 0.3 is 18.2 Å². The molecular formula is C45H58F3N9O5S. The summed E-state index contributed by atoms with van der Waals surface area (Å²) >= 11 is 1.34. The largest absolute Gasteiger partial charge is 0.464 e. The Labute approximate surface area is 370 Å². The maximum atomic E-state index is 14.9. The maximum Gasteiger partial charge on any atom is 0.406 e. The number of piperazine rings is 1. The van der Waals surface area contributed by atoms with Gasteiger partial charge in [0, 0.05) is 91.7 Å². The molecule has 0 saturated carbocycles. The van der Waals surface area contributed by atoms with Crippen LogP contribution in [0.1, 0.15) is 75.7 Å². The number of benzene rings is 1. The van der Waals surface area contributed by atoms with Gasteiger partial charge in [0.15, 0.2) is 0 Å². The minimum atomic E-state index is -4.58. The highest BCUT2D eigenvalue weighted by atomic mass is 32.1. The molecule has 7 heterocycles. The molecule has 0 aliphatic carbocycles. The molecule has 14 nitrogen and oxygen atoms in total. The molecule has 4 atom stereocenters. The van der Waals surface area contributed by atoms with Crippen molar-refractivity contribution in [3.63, 3.8) is 0 Å². The van der Waals surface area contributed by atoms with E-state index in [0.717, 1.165) is 44.7 Å². The lowest BCUT2D eigenvalue weighted by atomic mass is 9.84. The number of ether oxygens (including phenoxy) is 2. The number of anilines is 1. The number of likely N-dealkylation sites (tertiary alicyclic amines) is 1. The minimum Gasteiger partial charge on any atom is -0.464 e. The lowest BCUT2D eigenvalue weighted by molar-refractivity contribution is -0.155.